The highest BCUT2D eigenvalue weighted by atomic mass is 32.1. The Hall–Kier alpha value is -2.28. The van der Waals surface area contributed by atoms with Gasteiger partial charge < -0.3 is 19.7 Å². The van der Waals surface area contributed by atoms with Crippen LogP contribution in [-0.4, -0.2) is 44.3 Å². The highest BCUT2D eigenvalue weighted by Crippen LogP contribution is 2.26. The van der Waals surface area contributed by atoms with Gasteiger partial charge in [-0.25, -0.2) is 4.79 Å². The molecule has 2 aromatic heterocycles. The average molecular weight is 347 g/mol. The van der Waals surface area contributed by atoms with Crippen molar-refractivity contribution in [2.75, 3.05) is 37.5 Å². The average Bonchev–Trinajstić information content (AvgIpc) is 3.16. The summed E-state index contributed by atoms with van der Waals surface area (Å²) in [5, 5.41) is 6.88. The lowest BCUT2D eigenvalue weighted by Crippen LogP contribution is -2.38. The molecule has 3 heterocycles. The standard InChI is InChI=1S/C17H21N3O3S/c1-22-16-13(17(21)23-2)5-6-14(19-16)18-12-7-9-20(10-8-12)15-4-3-11-24-15/h3-6,11-12H,7-10H2,1-2H3,(H,18,19). The van der Waals surface area contributed by atoms with E-state index in [1.54, 1.807) is 23.5 Å². The van der Waals surface area contributed by atoms with Crippen molar-refractivity contribution in [3.05, 3.63) is 35.2 Å². The minimum atomic E-state index is -0.449. The van der Waals surface area contributed by atoms with Crippen LogP contribution in [0.4, 0.5) is 10.8 Å². The zero-order chi connectivity index (χ0) is 16.9. The number of nitrogens with one attached hydrogen (secondary N) is 1. The van der Waals surface area contributed by atoms with Crippen LogP contribution in [-0.2, 0) is 4.74 Å². The number of carbonyl (C=O) groups excluding carboxylic acids is 1. The molecular formula is C17H21N3O3S. The molecule has 0 aromatic carbocycles. The largest absolute Gasteiger partial charge is 0.480 e. The van der Waals surface area contributed by atoms with Gasteiger partial charge in [0.05, 0.1) is 19.2 Å². The second-order valence-electron chi connectivity index (χ2n) is 5.60. The molecule has 0 unspecified atom stereocenters. The summed E-state index contributed by atoms with van der Waals surface area (Å²) in [4.78, 5) is 18.5. The van der Waals surface area contributed by atoms with Crippen LogP contribution in [0.1, 0.15) is 23.2 Å². The first-order valence-corrected chi connectivity index (χ1v) is 8.77. The van der Waals surface area contributed by atoms with Gasteiger partial charge >= 0.3 is 5.97 Å². The summed E-state index contributed by atoms with van der Waals surface area (Å²) in [6, 6.07) is 8.09. The fourth-order valence-corrected chi connectivity index (χ4v) is 3.63. The SMILES string of the molecule is COC(=O)c1ccc(NC2CCN(c3cccs3)CC2)nc1OC. The minimum absolute atomic E-state index is 0.280. The van der Waals surface area contributed by atoms with Crippen molar-refractivity contribution in [1.82, 2.24) is 4.98 Å². The molecule has 1 fully saturated rings. The van der Waals surface area contributed by atoms with Crippen LogP contribution in [0.15, 0.2) is 29.6 Å². The van der Waals surface area contributed by atoms with Crippen LogP contribution in [0.5, 0.6) is 5.88 Å². The van der Waals surface area contributed by atoms with Crippen molar-refractivity contribution < 1.29 is 14.3 Å². The van der Waals surface area contributed by atoms with Gasteiger partial charge in [-0.3, -0.25) is 0 Å². The normalized spacial score (nSPS) is 15.2. The quantitative estimate of drug-likeness (QED) is 0.839. The van der Waals surface area contributed by atoms with E-state index in [2.05, 4.69) is 32.7 Å². The molecule has 0 bridgehead atoms. The van der Waals surface area contributed by atoms with Gasteiger partial charge in [0, 0.05) is 19.1 Å². The predicted molar refractivity (Wildman–Crippen MR) is 95.3 cm³/mol. The maximum absolute atomic E-state index is 11.7. The first-order valence-electron chi connectivity index (χ1n) is 7.89. The fraction of sp³-hybridized carbons (Fsp3) is 0.412. The van der Waals surface area contributed by atoms with Gasteiger partial charge in [-0.1, -0.05) is 0 Å². The molecule has 1 saturated heterocycles. The summed E-state index contributed by atoms with van der Waals surface area (Å²) in [6.45, 7) is 2.05. The highest BCUT2D eigenvalue weighted by Gasteiger charge is 2.21. The van der Waals surface area contributed by atoms with E-state index >= 15 is 0 Å². The molecule has 0 spiro atoms. The number of piperidine rings is 1. The Balaban J connectivity index is 1.61. The number of hydrogen-bond acceptors (Lipinski definition) is 7. The summed E-state index contributed by atoms with van der Waals surface area (Å²) in [7, 11) is 2.84. The summed E-state index contributed by atoms with van der Waals surface area (Å²) < 4.78 is 9.94. The molecule has 2 aromatic rings. The third kappa shape index (κ3) is 3.62. The molecule has 1 aliphatic heterocycles. The number of aromatic nitrogens is 1. The van der Waals surface area contributed by atoms with Crippen molar-refractivity contribution >= 4 is 28.1 Å². The van der Waals surface area contributed by atoms with Gasteiger partial charge in [-0.05, 0) is 42.5 Å². The first kappa shape index (κ1) is 16.6. The van der Waals surface area contributed by atoms with Crippen molar-refractivity contribution in [3.63, 3.8) is 0 Å². The van der Waals surface area contributed by atoms with Crippen molar-refractivity contribution in [2.24, 2.45) is 0 Å². The number of nitrogens with zero attached hydrogens (tertiary/aromatic N) is 2. The zero-order valence-electron chi connectivity index (χ0n) is 13.8. The molecular weight excluding hydrogens is 326 g/mol. The Bertz CT molecular complexity index is 682. The first-order chi connectivity index (χ1) is 11.7. The van der Waals surface area contributed by atoms with Gasteiger partial charge in [0.2, 0.25) is 5.88 Å². The van der Waals surface area contributed by atoms with Gasteiger partial charge in [-0.15, -0.1) is 11.3 Å². The number of esters is 1. The zero-order valence-corrected chi connectivity index (χ0v) is 14.6. The molecule has 24 heavy (non-hydrogen) atoms. The molecule has 0 radical (unpaired) electrons. The van der Waals surface area contributed by atoms with Crippen LogP contribution < -0.4 is 15.0 Å². The Morgan fingerprint density at radius 2 is 2.08 bits per heavy atom. The summed E-state index contributed by atoms with van der Waals surface area (Å²) >= 11 is 1.78. The number of carbonyl (C=O) groups is 1. The summed E-state index contributed by atoms with van der Waals surface area (Å²) in [5.41, 5.74) is 0.332. The third-order valence-corrected chi connectivity index (χ3v) is 5.05. The second kappa shape index (κ2) is 7.53. The van der Waals surface area contributed by atoms with E-state index in [0.29, 0.717) is 17.4 Å². The second-order valence-corrected chi connectivity index (χ2v) is 6.53. The molecule has 6 nitrogen and oxygen atoms in total. The molecule has 0 atom stereocenters. The number of methoxy groups -OCH3 is 2. The summed E-state index contributed by atoms with van der Waals surface area (Å²) in [5.74, 6) is 0.548. The number of rotatable bonds is 5. The van der Waals surface area contributed by atoms with Crippen LogP contribution in [0.2, 0.25) is 0 Å². The van der Waals surface area contributed by atoms with E-state index in [4.69, 9.17) is 9.47 Å². The fourth-order valence-electron chi connectivity index (χ4n) is 2.84. The smallest absolute Gasteiger partial charge is 0.343 e. The Morgan fingerprint density at radius 1 is 1.29 bits per heavy atom. The molecule has 0 amide bonds. The van der Waals surface area contributed by atoms with Crippen molar-refractivity contribution in [1.29, 1.82) is 0 Å². The van der Waals surface area contributed by atoms with Gasteiger partial charge in [0.1, 0.15) is 11.4 Å². The monoisotopic (exact) mass is 347 g/mol. The number of hydrogen-bond donors (Lipinski definition) is 1. The highest BCUT2D eigenvalue weighted by molar-refractivity contribution is 7.14. The molecule has 0 aliphatic carbocycles. The maximum atomic E-state index is 11.7. The van der Waals surface area contributed by atoms with E-state index < -0.39 is 5.97 Å². The van der Waals surface area contributed by atoms with Gasteiger partial charge in [0.15, 0.2) is 0 Å². The van der Waals surface area contributed by atoms with E-state index in [0.717, 1.165) is 25.9 Å². The van der Waals surface area contributed by atoms with Crippen molar-refractivity contribution in [3.8, 4) is 5.88 Å². The van der Waals surface area contributed by atoms with E-state index in [9.17, 15) is 4.79 Å². The molecule has 1 N–H and O–H groups in total. The molecule has 7 heteroatoms. The number of anilines is 2. The summed E-state index contributed by atoms with van der Waals surface area (Å²) in [6.07, 6.45) is 2.08. The third-order valence-electron chi connectivity index (χ3n) is 4.12. The molecule has 3 rings (SSSR count). The lowest BCUT2D eigenvalue weighted by atomic mass is 10.1. The van der Waals surface area contributed by atoms with E-state index in [1.165, 1.54) is 19.2 Å². The Labute approximate surface area is 145 Å². The lowest BCUT2D eigenvalue weighted by Gasteiger charge is -2.33. The van der Waals surface area contributed by atoms with Crippen LogP contribution in [0, 0.1) is 0 Å². The minimum Gasteiger partial charge on any atom is -0.480 e. The van der Waals surface area contributed by atoms with Crippen molar-refractivity contribution in [2.45, 2.75) is 18.9 Å². The van der Waals surface area contributed by atoms with Gasteiger partial charge in [-0.2, -0.15) is 4.98 Å². The number of thiophene rings is 1. The lowest BCUT2D eigenvalue weighted by molar-refractivity contribution is 0.0596. The van der Waals surface area contributed by atoms with E-state index in [-0.39, 0.29) is 5.88 Å². The maximum Gasteiger partial charge on any atom is 0.343 e. The number of pyridine rings is 1. The topological polar surface area (TPSA) is 63.7 Å². The molecule has 128 valence electrons. The van der Waals surface area contributed by atoms with Crippen LogP contribution in [0.3, 0.4) is 0 Å². The Morgan fingerprint density at radius 3 is 2.71 bits per heavy atom. The van der Waals surface area contributed by atoms with Gasteiger partial charge in [0.25, 0.3) is 0 Å². The van der Waals surface area contributed by atoms with Crippen LogP contribution in [0.25, 0.3) is 0 Å². The van der Waals surface area contributed by atoms with E-state index in [1.807, 2.05) is 0 Å². The number of ether oxygens (including phenoxy) is 2. The predicted octanol–water partition coefficient (Wildman–Crippen LogP) is 3.02. The molecule has 1 aliphatic rings. The van der Waals surface area contributed by atoms with Crippen LogP contribution >= 0.6 is 11.3 Å². The molecule has 0 saturated carbocycles. The Kier molecular flexibility index (Phi) is 5.20.